The molecule has 3 atom stereocenters. The molecule has 0 aliphatic carbocycles. The number of hydrogen-bond acceptors (Lipinski definition) is 9. The van der Waals surface area contributed by atoms with Gasteiger partial charge in [0.2, 0.25) is 35.4 Å². The lowest BCUT2D eigenvalue weighted by Gasteiger charge is -2.41. The average Bonchev–Trinajstić information content (AvgIpc) is 3.65. The number of nitrogens with zero attached hydrogens (tertiary/aromatic N) is 1. The maximum Gasteiger partial charge on any atom is 0.246 e. The molecule has 52 heavy (non-hydrogen) atoms. The first-order valence-electron chi connectivity index (χ1n) is 17.5. The van der Waals surface area contributed by atoms with E-state index in [1.54, 1.807) is 42.5 Å². The van der Waals surface area contributed by atoms with Gasteiger partial charge in [0.1, 0.15) is 17.8 Å². The fraction of sp³-hybridized carbons (Fsp3) is 0.459. The van der Waals surface area contributed by atoms with E-state index in [0.717, 1.165) is 12.2 Å². The first-order valence-corrected chi connectivity index (χ1v) is 17.5. The molecule has 2 aliphatic heterocycles. The number of nitrogens with two attached hydrogens (primary N) is 1. The maximum absolute atomic E-state index is 14.1. The Bertz CT molecular complexity index is 1590. The number of furan rings is 1. The third-order valence-electron chi connectivity index (χ3n) is 9.00. The summed E-state index contributed by atoms with van der Waals surface area (Å²) in [5.41, 5.74) is 5.67. The van der Waals surface area contributed by atoms with Crippen molar-refractivity contribution in [2.45, 2.75) is 57.2 Å². The van der Waals surface area contributed by atoms with Crippen molar-refractivity contribution >= 4 is 35.4 Å². The molecule has 4 rings (SSSR count). The molecule has 0 saturated carbocycles. The maximum atomic E-state index is 14.1. The molecule has 2 bridgehead atoms. The van der Waals surface area contributed by atoms with Crippen LogP contribution >= 0.6 is 0 Å². The van der Waals surface area contributed by atoms with Gasteiger partial charge in [-0.25, -0.2) is 0 Å². The lowest BCUT2D eigenvalue weighted by atomic mass is 9.75. The second kappa shape index (κ2) is 19.9. The summed E-state index contributed by atoms with van der Waals surface area (Å²) < 4.78 is 10.8. The topological polar surface area (TPSA) is 214 Å². The van der Waals surface area contributed by atoms with Crippen LogP contribution in [0.2, 0.25) is 0 Å². The van der Waals surface area contributed by atoms with E-state index in [2.05, 4.69) is 33.2 Å². The number of carbonyl (C=O) groups is 6. The first-order chi connectivity index (χ1) is 25.1. The Kier molecular flexibility index (Phi) is 15.1. The van der Waals surface area contributed by atoms with E-state index in [1.165, 1.54) is 11.2 Å². The SMILES string of the molecule is C=CC[C@]12CCCN(C1)C(=O)/C=C/C(=O)NCC[C@@H](C(=O)NCCOCCN)NC(=O)Cc1ccccc1CNC(=O)[C@H](Cc1ccco1)NC2=O. The molecule has 1 fully saturated rings. The van der Waals surface area contributed by atoms with Crippen LogP contribution in [-0.2, 0) is 52.9 Å². The van der Waals surface area contributed by atoms with E-state index >= 15 is 0 Å². The first kappa shape index (κ1) is 39.5. The van der Waals surface area contributed by atoms with Gasteiger partial charge in [-0.2, -0.15) is 0 Å². The predicted octanol–water partition coefficient (Wildman–Crippen LogP) is 0.00310. The second-order valence-electron chi connectivity index (χ2n) is 12.8. The van der Waals surface area contributed by atoms with Gasteiger partial charge in [-0.3, -0.25) is 28.8 Å². The molecule has 1 aromatic carbocycles. The molecular formula is C37H49N7O8. The van der Waals surface area contributed by atoms with Gasteiger partial charge in [0.05, 0.1) is 31.3 Å². The molecule has 1 aromatic heterocycles. The summed E-state index contributed by atoms with van der Waals surface area (Å²) in [6.07, 6.45) is 6.62. The Morgan fingerprint density at radius 1 is 1.06 bits per heavy atom. The fourth-order valence-electron chi connectivity index (χ4n) is 6.29. The van der Waals surface area contributed by atoms with Gasteiger partial charge in [0.25, 0.3) is 0 Å². The van der Waals surface area contributed by atoms with Gasteiger partial charge in [-0.05, 0) is 48.9 Å². The van der Waals surface area contributed by atoms with Gasteiger partial charge >= 0.3 is 0 Å². The van der Waals surface area contributed by atoms with Gasteiger partial charge < -0.3 is 46.4 Å². The molecular weight excluding hydrogens is 670 g/mol. The monoisotopic (exact) mass is 719 g/mol. The fourth-order valence-corrected chi connectivity index (χ4v) is 6.29. The molecule has 3 heterocycles. The van der Waals surface area contributed by atoms with Crippen molar-refractivity contribution in [3.63, 3.8) is 0 Å². The number of benzene rings is 1. The largest absolute Gasteiger partial charge is 0.469 e. The van der Waals surface area contributed by atoms with Crippen LogP contribution in [0.1, 0.15) is 42.6 Å². The summed E-state index contributed by atoms with van der Waals surface area (Å²) in [6.45, 7) is 5.46. The zero-order chi connectivity index (χ0) is 37.3. The van der Waals surface area contributed by atoms with Crippen LogP contribution in [0.15, 0.2) is 71.9 Å². The molecule has 280 valence electrons. The molecule has 15 nitrogen and oxygen atoms in total. The highest BCUT2D eigenvalue weighted by Crippen LogP contribution is 2.35. The lowest BCUT2D eigenvalue weighted by molar-refractivity contribution is -0.141. The Morgan fingerprint density at radius 3 is 2.62 bits per heavy atom. The predicted molar refractivity (Wildman–Crippen MR) is 191 cm³/mol. The number of piperidine rings is 1. The molecule has 1 saturated heterocycles. The van der Waals surface area contributed by atoms with E-state index in [9.17, 15) is 28.8 Å². The zero-order valence-electron chi connectivity index (χ0n) is 29.3. The minimum absolute atomic E-state index is 0.0214. The minimum atomic E-state index is -1.06. The van der Waals surface area contributed by atoms with Crippen molar-refractivity contribution in [3.05, 3.63) is 84.4 Å². The Hall–Kier alpha value is -5.28. The normalized spacial score (nSPS) is 23.0. The highest BCUT2D eigenvalue weighted by atomic mass is 16.5. The second-order valence-corrected chi connectivity index (χ2v) is 12.8. The number of allylic oxidation sites excluding steroid dienone is 1. The van der Waals surface area contributed by atoms with E-state index < -0.39 is 52.9 Å². The van der Waals surface area contributed by atoms with Crippen molar-refractivity contribution < 1.29 is 37.9 Å². The van der Waals surface area contributed by atoms with Gasteiger partial charge in [-0.1, -0.05) is 30.3 Å². The summed E-state index contributed by atoms with van der Waals surface area (Å²) in [5, 5.41) is 14.0. The van der Waals surface area contributed by atoms with Crippen LogP contribution in [0.25, 0.3) is 0 Å². The molecule has 15 heteroatoms. The highest BCUT2D eigenvalue weighted by molar-refractivity contribution is 5.97. The average molecular weight is 720 g/mol. The lowest BCUT2D eigenvalue weighted by Crippen LogP contribution is -2.57. The van der Waals surface area contributed by atoms with Crippen molar-refractivity contribution in [1.29, 1.82) is 0 Å². The standard InChI is InChI=1S/C37H49N7O8/c1-2-13-37-14-6-18-44(25-37)33(47)11-10-31(45)39-16-12-29(34(48)40-17-21-51-20-15-38)42-32(46)22-26-7-3-4-8-27(26)24-41-35(49)30(43-36(37)50)23-28-9-5-19-52-28/h2-5,7-11,19,29-30H,1,6,12-18,20-25,38H2,(H,39,45)(H,40,48)(H,41,49)(H,42,46)(H,43,50)/b11-10+/t29-,30-,37-/m0/s1. The van der Waals surface area contributed by atoms with E-state index in [0.29, 0.717) is 49.4 Å². The Balaban J connectivity index is 1.61. The van der Waals surface area contributed by atoms with Crippen LogP contribution in [0.4, 0.5) is 0 Å². The van der Waals surface area contributed by atoms with E-state index in [4.69, 9.17) is 14.9 Å². The van der Waals surface area contributed by atoms with Crippen LogP contribution in [-0.4, -0.2) is 98.4 Å². The zero-order valence-corrected chi connectivity index (χ0v) is 29.3. The van der Waals surface area contributed by atoms with Crippen molar-refractivity contribution in [2.24, 2.45) is 11.1 Å². The number of fused-ring (bicyclic) bond motifs is 3. The quantitative estimate of drug-likeness (QED) is 0.144. The Morgan fingerprint density at radius 2 is 1.87 bits per heavy atom. The molecule has 0 spiro atoms. The third kappa shape index (κ3) is 11.6. The van der Waals surface area contributed by atoms with E-state index in [-0.39, 0.29) is 58.5 Å². The summed E-state index contributed by atoms with van der Waals surface area (Å²) in [6, 6.07) is 8.47. The third-order valence-corrected chi connectivity index (χ3v) is 9.00. The number of ether oxygens (including phenoxy) is 1. The number of carbonyl (C=O) groups excluding carboxylic acids is 6. The Labute approximate surface area is 303 Å². The van der Waals surface area contributed by atoms with Crippen molar-refractivity contribution in [2.75, 3.05) is 45.9 Å². The van der Waals surface area contributed by atoms with Gasteiger partial charge in [0.15, 0.2) is 0 Å². The summed E-state index contributed by atoms with van der Waals surface area (Å²) in [4.78, 5) is 81.7. The number of amides is 6. The highest BCUT2D eigenvalue weighted by Gasteiger charge is 2.43. The molecule has 7 N–H and O–H groups in total. The number of hydrogen-bond donors (Lipinski definition) is 6. The van der Waals surface area contributed by atoms with Crippen molar-refractivity contribution in [3.8, 4) is 0 Å². The smallest absolute Gasteiger partial charge is 0.246 e. The van der Waals surface area contributed by atoms with Crippen LogP contribution in [0.5, 0.6) is 0 Å². The summed E-state index contributed by atoms with van der Waals surface area (Å²) >= 11 is 0. The van der Waals surface area contributed by atoms with Crippen LogP contribution in [0, 0.1) is 5.41 Å². The molecule has 2 aliphatic rings. The molecule has 0 unspecified atom stereocenters. The minimum Gasteiger partial charge on any atom is -0.469 e. The van der Waals surface area contributed by atoms with Gasteiger partial charge in [0, 0.05) is 57.8 Å². The number of rotatable bonds is 10. The van der Waals surface area contributed by atoms with Crippen LogP contribution in [0.3, 0.4) is 0 Å². The molecule has 0 radical (unpaired) electrons. The summed E-state index contributed by atoms with van der Waals surface area (Å²) in [5.74, 6) is -2.32. The molecule has 6 amide bonds. The molecule has 2 aromatic rings. The van der Waals surface area contributed by atoms with E-state index in [1.807, 2.05) is 0 Å². The van der Waals surface area contributed by atoms with Gasteiger partial charge in [-0.15, -0.1) is 6.58 Å². The number of nitrogens with one attached hydrogen (secondary N) is 5. The van der Waals surface area contributed by atoms with Crippen molar-refractivity contribution in [1.82, 2.24) is 31.5 Å². The van der Waals surface area contributed by atoms with Crippen LogP contribution < -0.4 is 32.3 Å². The summed E-state index contributed by atoms with van der Waals surface area (Å²) in [7, 11) is 0.